The first-order chi connectivity index (χ1) is 20.4. The van der Waals surface area contributed by atoms with Crippen LogP contribution in [0, 0.1) is 5.92 Å². The van der Waals surface area contributed by atoms with Crippen LogP contribution in [0.5, 0.6) is 0 Å². The van der Waals surface area contributed by atoms with E-state index in [2.05, 4.69) is 0 Å². The summed E-state index contributed by atoms with van der Waals surface area (Å²) in [4.78, 5) is 60.0. The minimum Gasteiger partial charge on any atom is -0.463 e. The largest absolute Gasteiger partial charge is 0.463 e. The van der Waals surface area contributed by atoms with Crippen LogP contribution < -0.4 is 0 Å². The topological polar surface area (TPSA) is 170 Å². The van der Waals surface area contributed by atoms with Crippen LogP contribution >= 0.6 is 0 Å². The zero-order chi connectivity index (χ0) is 33.4. The summed E-state index contributed by atoms with van der Waals surface area (Å²) in [5.41, 5.74) is 0.451. The van der Waals surface area contributed by atoms with Crippen molar-refractivity contribution in [1.82, 2.24) is 0 Å². The molecular formula is C31H46O13. The smallest absolute Gasteiger partial charge is 0.303 e. The van der Waals surface area contributed by atoms with E-state index in [9.17, 15) is 29.1 Å². The van der Waals surface area contributed by atoms with Gasteiger partial charge in [-0.2, -0.15) is 0 Å². The maximum Gasteiger partial charge on any atom is 0.303 e. The van der Waals surface area contributed by atoms with Crippen molar-refractivity contribution < 1.29 is 62.2 Å². The average molecular weight is 627 g/mol. The van der Waals surface area contributed by atoms with Crippen molar-refractivity contribution in [2.24, 2.45) is 5.92 Å². The highest BCUT2D eigenvalue weighted by molar-refractivity contribution is 5.69. The van der Waals surface area contributed by atoms with Crippen LogP contribution in [-0.2, 0) is 57.1 Å². The molecule has 1 heterocycles. The lowest BCUT2D eigenvalue weighted by Gasteiger charge is -2.46. The van der Waals surface area contributed by atoms with Crippen LogP contribution in [0.4, 0.5) is 0 Å². The lowest BCUT2D eigenvalue weighted by Crippen LogP contribution is -2.63. The molecule has 44 heavy (non-hydrogen) atoms. The zero-order valence-corrected chi connectivity index (χ0v) is 26.9. The predicted molar refractivity (Wildman–Crippen MR) is 154 cm³/mol. The molecule has 13 heteroatoms. The van der Waals surface area contributed by atoms with Gasteiger partial charge in [0.1, 0.15) is 18.8 Å². The van der Waals surface area contributed by atoms with E-state index < -0.39 is 90.9 Å². The molecule has 8 unspecified atom stereocenters. The highest BCUT2D eigenvalue weighted by Gasteiger charge is 2.54. The van der Waals surface area contributed by atoms with Crippen LogP contribution in [0.25, 0.3) is 0 Å². The van der Waals surface area contributed by atoms with E-state index in [0.717, 1.165) is 31.9 Å². The first kappa shape index (κ1) is 36.9. The summed E-state index contributed by atoms with van der Waals surface area (Å²) in [6.07, 6.45) is -3.16. The Hall–Kier alpha value is -3.29. The van der Waals surface area contributed by atoms with Crippen LogP contribution in [-0.4, -0.2) is 90.1 Å². The summed E-state index contributed by atoms with van der Waals surface area (Å²) in [5.74, 6) is -3.87. The zero-order valence-electron chi connectivity index (χ0n) is 26.9. The molecule has 0 saturated carbocycles. The Kier molecular flexibility index (Phi) is 13.5. The second-order valence-electron chi connectivity index (χ2n) is 11.8. The average Bonchev–Trinajstić information content (AvgIpc) is 2.83. The Morgan fingerprint density at radius 1 is 0.795 bits per heavy atom. The van der Waals surface area contributed by atoms with Gasteiger partial charge >= 0.3 is 29.8 Å². The number of carbonyl (C=O) groups is 5. The van der Waals surface area contributed by atoms with Crippen molar-refractivity contribution in [3.63, 3.8) is 0 Å². The van der Waals surface area contributed by atoms with E-state index >= 15 is 0 Å². The minimum atomic E-state index is -1.43. The van der Waals surface area contributed by atoms with Crippen LogP contribution in [0.3, 0.4) is 0 Å². The molecule has 1 saturated heterocycles. The summed E-state index contributed by atoms with van der Waals surface area (Å²) in [7, 11) is 0. The quantitative estimate of drug-likeness (QED) is 0.225. The van der Waals surface area contributed by atoms with Crippen molar-refractivity contribution in [3.05, 3.63) is 23.3 Å². The number of rotatable bonds is 9. The molecule has 0 aromatic carbocycles. The maximum atomic E-state index is 12.3. The molecule has 0 spiro atoms. The summed E-state index contributed by atoms with van der Waals surface area (Å²) in [6, 6.07) is 0. The molecule has 0 amide bonds. The van der Waals surface area contributed by atoms with Crippen molar-refractivity contribution in [2.75, 3.05) is 6.61 Å². The number of ether oxygens (including phenoxy) is 7. The summed E-state index contributed by atoms with van der Waals surface area (Å²) >= 11 is 0. The highest BCUT2D eigenvalue weighted by Crippen LogP contribution is 2.36. The fourth-order valence-corrected chi connectivity index (χ4v) is 5.42. The Balaban J connectivity index is 2.64. The van der Waals surface area contributed by atoms with E-state index in [0.29, 0.717) is 19.3 Å². The number of esters is 5. The molecule has 2 rings (SSSR count). The van der Waals surface area contributed by atoms with Gasteiger partial charge in [0.15, 0.2) is 24.6 Å². The van der Waals surface area contributed by atoms with Gasteiger partial charge < -0.3 is 38.3 Å². The molecule has 1 N–H and O–H groups in total. The molecule has 1 aliphatic heterocycles. The van der Waals surface area contributed by atoms with Gasteiger partial charge in [-0.15, -0.1) is 0 Å². The Morgan fingerprint density at radius 3 is 1.86 bits per heavy atom. The summed E-state index contributed by atoms with van der Waals surface area (Å²) in [6.45, 7) is 12.6. The number of hydrogen-bond donors (Lipinski definition) is 1. The molecule has 0 bridgehead atoms. The fourth-order valence-electron chi connectivity index (χ4n) is 5.42. The number of allylic oxidation sites excluding steroid dienone is 1. The Morgan fingerprint density at radius 2 is 1.34 bits per heavy atom. The van der Waals surface area contributed by atoms with E-state index in [1.165, 1.54) is 13.8 Å². The second-order valence-corrected chi connectivity index (χ2v) is 11.8. The first-order valence-corrected chi connectivity index (χ1v) is 14.6. The molecule has 2 aliphatic rings. The van der Waals surface area contributed by atoms with E-state index in [-0.39, 0.29) is 0 Å². The second kappa shape index (κ2) is 16.1. The van der Waals surface area contributed by atoms with Gasteiger partial charge in [0, 0.05) is 47.0 Å². The Bertz CT molecular complexity index is 1120. The SMILES string of the molecule is CC(=O)OCC1OC(OC2C=C(C)CC(OC(C)=O)C=C(C)CCC2C(C)(C)O)C(OC(C)=O)C(OC(C)=O)C1OC(C)=O. The molecule has 13 nitrogen and oxygen atoms in total. The fraction of sp³-hybridized carbons (Fsp3) is 0.710. The van der Waals surface area contributed by atoms with Crippen LogP contribution in [0.2, 0.25) is 0 Å². The normalized spacial score (nSPS) is 29.7. The lowest BCUT2D eigenvalue weighted by atomic mass is 9.80. The van der Waals surface area contributed by atoms with Crippen molar-refractivity contribution in [3.8, 4) is 0 Å². The highest BCUT2D eigenvalue weighted by atomic mass is 16.7. The third kappa shape index (κ3) is 11.7. The monoisotopic (exact) mass is 626 g/mol. The molecule has 0 radical (unpaired) electrons. The van der Waals surface area contributed by atoms with Gasteiger partial charge in [0.2, 0.25) is 0 Å². The van der Waals surface area contributed by atoms with Gasteiger partial charge in [-0.3, -0.25) is 24.0 Å². The molecular weight excluding hydrogens is 580 g/mol. The van der Waals surface area contributed by atoms with Crippen molar-refractivity contribution in [1.29, 1.82) is 0 Å². The molecule has 0 aromatic heterocycles. The molecule has 1 fully saturated rings. The molecule has 248 valence electrons. The van der Waals surface area contributed by atoms with Crippen molar-refractivity contribution >= 4 is 29.8 Å². The van der Waals surface area contributed by atoms with E-state index in [1.54, 1.807) is 19.9 Å². The molecule has 0 aromatic rings. The number of hydrogen-bond acceptors (Lipinski definition) is 13. The molecule has 8 atom stereocenters. The Labute approximate surface area is 258 Å². The third-order valence-electron chi connectivity index (χ3n) is 7.15. The van der Waals surface area contributed by atoms with Gasteiger partial charge in [-0.25, -0.2) is 0 Å². The van der Waals surface area contributed by atoms with Crippen molar-refractivity contribution in [2.45, 2.75) is 130 Å². The molecule has 1 aliphatic carbocycles. The van der Waals surface area contributed by atoms with Gasteiger partial charge in [-0.1, -0.05) is 17.2 Å². The first-order valence-electron chi connectivity index (χ1n) is 14.6. The number of aliphatic hydroxyl groups is 1. The maximum absolute atomic E-state index is 12.3. The number of carbonyl (C=O) groups excluding carboxylic acids is 5. The standard InChI is InChI=1S/C31H46O13/c1-16-10-11-24(31(8,9)37)25(14-17(2)13-23(12-16)39-19(4)33)43-30-29(42-22(7)36)28(41-21(6)35)27(40-20(5)34)26(44-30)15-38-18(3)32/h12,14,23-30,37H,10-11,13,15H2,1-9H3. The van der Waals surface area contributed by atoms with E-state index in [1.807, 2.05) is 19.9 Å². The minimum absolute atomic E-state index is 0.341. The summed E-state index contributed by atoms with van der Waals surface area (Å²) < 4.78 is 39.8. The van der Waals surface area contributed by atoms with Gasteiger partial charge in [0.05, 0.1) is 11.7 Å². The predicted octanol–water partition coefficient (Wildman–Crippen LogP) is 2.85. The summed E-state index contributed by atoms with van der Waals surface area (Å²) in [5, 5.41) is 11.3. The van der Waals surface area contributed by atoms with Crippen LogP contribution in [0.1, 0.15) is 81.6 Å². The third-order valence-corrected chi connectivity index (χ3v) is 7.15. The van der Waals surface area contributed by atoms with E-state index in [4.69, 9.17) is 33.2 Å². The van der Waals surface area contributed by atoms with Gasteiger partial charge in [-0.05, 0) is 46.6 Å². The van der Waals surface area contributed by atoms with Crippen LogP contribution in [0.15, 0.2) is 23.3 Å². The van der Waals surface area contributed by atoms with Gasteiger partial charge in [0.25, 0.3) is 0 Å². The lowest BCUT2D eigenvalue weighted by molar-refractivity contribution is -0.319.